The average Bonchev–Trinajstić information content (AvgIpc) is 2.56. The minimum Gasteiger partial charge on any atom is -0.370 e. The van der Waals surface area contributed by atoms with Gasteiger partial charge in [0, 0.05) is 11.6 Å². The number of amides is 1. The lowest BCUT2D eigenvalue weighted by Gasteiger charge is -2.41. The Hall–Kier alpha value is -1.10. The fraction of sp³-hybridized carbons (Fsp3) is 0.588. The number of morpholine rings is 1. The van der Waals surface area contributed by atoms with Crippen molar-refractivity contribution in [3.05, 3.63) is 34.9 Å². The standard InChI is InChI=1S/C17H23ClN2O2/c1-17(8-2-3-9-19-17)16(21)20-10-11-22-15(12-20)13-4-6-14(18)7-5-13/h4-7,15,19H,2-3,8-12H2,1H3. The van der Waals surface area contributed by atoms with Gasteiger partial charge in [0.1, 0.15) is 6.10 Å². The molecular formula is C17H23ClN2O2. The Bertz CT molecular complexity index is 526. The number of hydrogen-bond donors (Lipinski definition) is 1. The van der Waals surface area contributed by atoms with Gasteiger partial charge in [-0.3, -0.25) is 4.79 Å². The van der Waals surface area contributed by atoms with Gasteiger partial charge in [0.05, 0.1) is 18.7 Å². The molecule has 0 saturated carbocycles. The second-order valence-electron chi connectivity index (χ2n) is 6.38. The number of nitrogens with one attached hydrogen (secondary N) is 1. The summed E-state index contributed by atoms with van der Waals surface area (Å²) in [6.07, 6.45) is 3.11. The molecule has 2 saturated heterocycles. The van der Waals surface area contributed by atoms with Gasteiger partial charge in [-0.25, -0.2) is 0 Å². The van der Waals surface area contributed by atoms with Crippen LogP contribution in [0.5, 0.6) is 0 Å². The second-order valence-corrected chi connectivity index (χ2v) is 6.81. The van der Waals surface area contributed by atoms with E-state index in [1.807, 2.05) is 36.1 Å². The molecule has 0 aromatic heterocycles. The van der Waals surface area contributed by atoms with Crippen molar-refractivity contribution < 1.29 is 9.53 Å². The Morgan fingerprint density at radius 3 is 2.82 bits per heavy atom. The number of halogens is 1. The summed E-state index contributed by atoms with van der Waals surface area (Å²) in [7, 11) is 0. The lowest BCUT2D eigenvalue weighted by molar-refractivity contribution is -0.146. The number of piperidine rings is 1. The maximum Gasteiger partial charge on any atom is 0.242 e. The molecule has 2 heterocycles. The fourth-order valence-corrected chi connectivity index (χ4v) is 3.43. The SMILES string of the molecule is CC1(C(=O)N2CCOC(c3ccc(Cl)cc3)C2)CCCCN1. The Kier molecular flexibility index (Phi) is 4.71. The van der Waals surface area contributed by atoms with Gasteiger partial charge in [-0.15, -0.1) is 0 Å². The Balaban J connectivity index is 1.69. The summed E-state index contributed by atoms with van der Waals surface area (Å²) in [5, 5.41) is 4.12. The van der Waals surface area contributed by atoms with Crippen molar-refractivity contribution >= 4 is 17.5 Å². The number of nitrogens with zero attached hydrogens (tertiary/aromatic N) is 1. The minimum absolute atomic E-state index is 0.0674. The van der Waals surface area contributed by atoms with E-state index in [2.05, 4.69) is 5.32 Å². The summed E-state index contributed by atoms with van der Waals surface area (Å²) >= 11 is 5.94. The lowest BCUT2D eigenvalue weighted by Crippen LogP contribution is -2.59. The van der Waals surface area contributed by atoms with Crippen LogP contribution in [0.3, 0.4) is 0 Å². The van der Waals surface area contributed by atoms with E-state index in [0.717, 1.165) is 31.4 Å². The normalized spacial score (nSPS) is 29.4. The number of carbonyl (C=O) groups excluding carboxylic acids is 1. The molecule has 4 nitrogen and oxygen atoms in total. The maximum atomic E-state index is 12.9. The summed E-state index contributed by atoms with van der Waals surface area (Å²) in [4.78, 5) is 14.8. The van der Waals surface area contributed by atoms with Crippen LogP contribution in [0.4, 0.5) is 0 Å². The predicted octanol–water partition coefficient (Wildman–Crippen LogP) is 2.77. The highest BCUT2D eigenvalue weighted by atomic mass is 35.5. The molecule has 5 heteroatoms. The quantitative estimate of drug-likeness (QED) is 0.910. The van der Waals surface area contributed by atoms with E-state index in [4.69, 9.17) is 16.3 Å². The molecule has 0 bridgehead atoms. The van der Waals surface area contributed by atoms with Crippen molar-refractivity contribution in [2.75, 3.05) is 26.2 Å². The van der Waals surface area contributed by atoms with Crippen LogP contribution in [0, 0.1) is 0 Å². The summed E-state index contributed by atoms with van der Waals surface area (Å²) in [5.74, 6) is 0.203. The molecule has 2 atom stereocenters. The molecule has 120 valence electrons. The second kappa shape index (κ2) is 6.57. The van der Waals surface area contributed by atoms with E-state index in [1.54, 1.807) is 0 Å². The molecule has 0 radical (unpaired) electrons. The largest absolute Gasteiger partial charge is 0.370 e. The van der Waals surface area contributed by atoms with Crippen LogP contribution in [0.25, 0.3) is 0 Å². The number of carbonyl (C=O) groups is 1. The van der Waals surface area contributed by atoms with Gasteiger partial charge in [-0.2, -0.15) is 0 Å². The van der Waals surface area contributed by atoms with Crippen LogP contribution in [0.15, 0.2) is 24.3 Å². The van der Waals surface area contributed by atoms with Gasteiger partial charge >= 0.3 is 0 Å². The van der Waals surface area contributed by atoms with E-state index in [0.29, 0.717) is 24.7 Å². The van der Waals surface area contributed by atoms with Crippen molar-refractivity contribution in [3.8, 4) is 0 Å². The van der Waals surface area contributed by atoms with E-state index >= 15 is 0 Å². The smallest absolute Gasteiger partial charge is 0.242 e. The molecule has 3 rings (SSSR count). The van der Waals surface area contributed by atoms with Crippen molar-refractivity contribution in [2.45, 2.75) is 37.8 Å². The highest BCUT2D eigenvalue weighted by Gasteiger charge is 2.39. The third-order valence-corrected chi connectivity index (χ3v) is 4.94. The predicted molar refractivity (Wildman–Crippen MR) is 87.0 cm³/mol. The molecule has 2 aliphatic heterocycles. The Morgan fingerprint density at radius 1 is 1.36 bits per heavy atom. The van der Waals surface area contributed by atoms with Crippen molar-refractivity contribution in [3.63, 3.8) is 0 Å². The molecule has 2 unspecified atom stereocenters. The molecule has 2 aliphatic rings. The first-order valence-corrected chi connectivity index (χ1v) is 8.38. The number of ether oxygens (including phenoxy) is 1. The first kappa shape index (κ1) is 15.8. The van der Waals surface area contributed by atoms with E-state index in [9.17, 15) is 4.79 Å². The molecule has 0 spiro atoms. The first-order valence-electron chi connectivity index (χ1n) is 8.00. The zero-order chi connectivity index (χ0) is 15.6. The van der Waals surface area contributed by atoms with Crippen molar-refractivity contribution in [1.82, 2.24) is 10.2 Å². The van der Waals surface area contributed by atoms with Crippen LogP contribution in [-0.2, 0) is 9.53 Å². The molecule has 22 heavy (non-hydrogen) atoms. The molecular weight excluding hydrogens is 300 g/mol. The molecule has 2 fully saturated rings. The number of hydrogen-bond acceptors (Lipinski definition) is 3. The van der Waals surface area contributed by atoms with Crippen LogP contribution < -0.4 is 5.32 Å². The molecule has 0 aliphatic carbocycles. The van der Waals surface area contributed by atoms with Crippen LogP contribution in [0.2, 0.25) is 5.02 Å². The maximum absolute atomic E-state index is 12.9. The molecule has 1 amide bonds. The lowest BCUT2D eigenvalue weighted by atomic mass is 9.89. The van der Waals surface area contributed by atoms with Crippen molar-refractivity contribution in [2.24, 2.45) is 0 Å². The summed E-state index contributed by atoms with van der Waals surface area (Å²) in [6.45, 7) is 4.81. The first-order chi connectivity index (χ1) is 10.6. The van der Waals surface area contributed by atoms with E-state index in [1.165, 1.54) is 0 Å². The van der Waals surface area contributed by atoms with Gasteiger partial charge in [0.2, 0.25) is 5.91 Å². The molecule has 1 aromatic rings. The van der Waals surface area contributed by atoms with Crippen LogP contribution in [-0.4, -0.2) is 42.6 Å². The molecule has 1 aromatic carbocycles. The Labute approximate surface area is 136 Å². The topological polar surface area (TPSA) is 41.6 Å². The van der Waals surface area contributed by atoms with E-state index in [-0.39, 0.29) is 12.0 Å². The van der Waals surface area contributed by atoms with E-state index < -0.39 is 5.54 Å². The third-order valence-electron chi connectivity index (χ3n) is 4.69. The summed E-state index contributed by atoms with van der Waals surface area (Å²) in [6, 6.07) is 7.68. The zero-order valence-corrected chi connectivity index (χ0v) is 13.7. The molecule has 1 N–H and O–H groups in total. The van der Waals surface area contributed by atoms with Crippen LogP contribution in [0.1, 0.15) is 37.9 Å². The monoisotopic (exact) mass is 322 g/mol. The van der Waals surface area contributed by atoms with Gasteiger partial charge < -0.3 is 15.0 Å². The fourth-order valence-electron chi connectivity index (χ4n) is 3.30. The summed E-state index contributed by atoms with van der Waals surface area (Å²) < 4.78 is 5.85. The van der Waals surface area contributed by atoms with Gasteiger partial charge in [-0.1, -0.05) is 23.7 Å². The van der Waals surface area contributed by atoms with Crippen LogP contribution >= 0.6 is 11.6 Å². The summed E-state index contributed by atoms with van der Waals surface area (Å²) in [5.41, 5.74) is 0.656. The number of rotatable bonds is 2. The number of benzene rings is 1. The van der Waals surface area contributed by atoms with Gasteiger partial charge in [0.25, 0.3) is 0 Å². The highest BCUT2D eigenvalue weighted by Crippen LogP contribution is 2.27. The van der Waals surface area contributed by atoms with Crippen molar-refractivity contribution in [1.29, 1.82) is 0 Å². The minimum atomic E-state index is -0.417. The van der Waals surface area contributed by atoms with Gasteiger partial charge in [-0.05, 0) is 50.4 Å². The Morgan fingerprint density at radius 2 is 2.14 bits per heavy atom. The third kappa shape index (κ3) is 3.29. The van der Waals surface area contributed by atoms with Gasteiger partial charge in [0.15, 0.2) is 0 Å². The average molecular weight is 323 g/mol. The highest BCUT2D eigenvalue weighted by molar-refractivity contribution is 6.30. The zero-order valence-electron chi connectivity index (χ0n) is 13.0.